The molecule has 3 aromatic rings. The van der Waals surface area contributed by atoms with Gasteiger partial charge in [-0.25, -0.2) is 0 Å². The zero-order valence-corrected chi connectivity index (χ0v) is 18.6. The molecule has 0 aliphatic rings. The predicted octanol–water partition coefficient (Wildman–Crippen LogP) is 3.88. The average Bonchev–Trinajstić information content (AvgIpc) is 2.73. The lowest BCUT2D eigenvalue weighted by atomic mass is 10.2. The van der Waals surface area contributed by atoms with Crippen LogP contribution in [0.3, 0.4) is 0 Å². The second-order valence-electron chi connectivity index (χ2n) is 6.63. The summed E-state index contributed by atoms with van der Waals surface area (Å²) in [6.07, 6.45) is 0. The number of nitro groups is 1. The Hall–Kier alpha value is -3.12. The van der Waals surface area contributed by atoms with E-state index in [0.29, 0.717) is 5.56 Å². The maximum atomic E-state index is 12.0. The Balaban J connectivity index is 0.000000278. The van der Waals surface area contributed by atoms with Crippen LogP contribution in [0.25, 0.3) is 0 Å². The molecule has 0 fully saturated rings. The number of para-hydroxylation sites is 1. The van der Waals surface area contributed by atoms with Gasteiger partial charge in [0.1, 0.15) is 5.75 Å². The monoisotopic (exact) mass is 479 g/mol. The first-order valence-electron chi connectivity index (χ1n) is 9.15. The summed E-state index contributed by atoms with van der Waals surface area (Å²) in [5.41, 5.74) is 1.55. The van der Waals surface area contributed by atoms with Crippen LogP contribution < -0.4 is 0 Å². The van der Waals surface area contributed by atoms with Crippen molar-refractivity contribution in [1.29, 1.82) is 0 Å². The lowest BCUT2D eigenvalue weighted by molar-refractivity contribution is -0.385. The highest BCUT2D eigenvalue weighted by molar-refractivity contribution is 7.86. The Morgan fingerprint density at radius 3 is 2.00 bits per heavy atom. The highest BCUT2D eigenvalue weighted by Crippen LogP contribution is 2.21. The molecule has 0 atom stereocenters. The Kier molecular flexibility index (Phi) is 8.61. The van der Waals surface area contributed by atoms with Gasteiger partial charge in [0.25, 0.3) is 25.9 Å². The van der Waals surface area contributed by atoms with Crippen LogP contribution in [-0.2, 0) is 36.8 Å². The molecule has 0 aliphatic carbocycles. The van der Waals surface area contributed by atoms with Gasteiger partial charge in [0.15, 0.2) is 0 Å². The second kappa shape index (κ2) is 11.0. The molecule has 11 heteroatoms. The third-order valence-corrected chi connectivity index (χ3v) is 6.04. The van der Waals surface area contributed by atoms with Gasteiger partial charge in [-0.1, -0.05) is 60.2 Å². The molecular formula is C21H21NO8S2. The van der Waals surface area contributed by atoms with Crippen LogP contribution in [0.1, 0.15) is 16.7 Å². The molecule has 1 N–H and O–H groups in total. The Morgan fingerprint density at radius 2 is 1.44 bits per heavy atom. The third kappa shape index (κ3) is 8.19. The van der Waals surface area contributed by atoms with E-state index in [1.165, 1.54) is 30.3 Å². The molecule has 0 radical (unpaired) electrons. The van der Waals surface area contributed by atoms with Gasteiger partial charge in [0.2, 0.25) is 0 Å². The van der Waals surface area contributed by atoms with Crippen LogP contribution in [0.2, 0.25) is 0 Å². The summed E-state index contributed by atoms with van der Waals surface area (Å²) < 4.78 is 58.1. The normalized spacial score (nSPS) is 11.3. The molecule has 0 saturated carbocycles. The van der Waals surface area contributed by atoms with Gasteiger partial charge in [-0.3, -0.25) is 18.9 Å². The zero-order chi connectivity index (χ0) is 23.8. The molecular weight excluding hydrogens is 458 g/mol. The quantitative estimate of drug-likeness (QED) is 0.233. The molecule has 3 rings (SSSR count). The first-order chi connectivity index (χ1) is 15.0. The molecule has 0 bridgehead atoms. The van der Waals surface area contributed by atoms with Crippen molar-refractivity contribution in [3.8, 4) is 0 Å². The summed E-state index contributed by atoms with van der Waals surface area (Å²) in [7, 11) is -7.82. The Morgan fingerprint density at radius 1 is 0.875 bits per heavy atom. The lowest BCUT2D eigenvalue weighted by Gasteiger charge is -2.06. The van der Waals surface area contributed by atoms with Gasteiger partial charge in [-0.15, -0.1) is 0 Å². The van der Waals surface area contributed by atoms with E-state index < -0.39 is 25.2 Å². The van der Waals surface area contributed by atoms with E-state index >= 15 is 0 Å². The molecule has 0 aliphatic heterocycles. The highest BCUT2D eigenvalue weighted by atomic mass is 32.2. The summed E-state index contributed by atoms with van der Waals surface area (Å²) in [5, 5.41) is 10.9. The second-order valence-corrected chi connectivity index (χ2v) is 9.69. The SMILES string of the molecule is Cc1ccc(S(=O)(=O)OCc2ccccc2[N+](=O)[O-])cc1.O=S(=O)(O)Cc1ccccc1. The van der Waals surface area contributed by atoms with Crippen LogP contribution in [0, 0.1) is 17.0 Å². The standard InChI is InChI=1S/C14H13NO5S.C7H8O3S/c1-11-6-8-13(9-7-11)21(18,19)20-10-12-4-2-3-5-14(12)15(16)17;8-11(9,10)6-7-4-2-1-3-5-7/h2-9H,10H2,1H3;1-5H,6H2,(H,8,9,10). The molecule has 32 heavy (non-hydrogen) atoms. The van der Waals surface area contributed by atoms with Crippen molar-refractivity contribution in [1.82, 2.24) is 0 Å². The summed E-state index contributed by atoms with van der Waals surface area (Å²) >= 11 is 0. The van der Waals surface area contributed by atoms with Crippen molar-refractivity contribution >= 4 is 25.9 Å². The summed E-state index contributed by atoms with van der Waals surface area (Å²) in [5.74, 6) is -0.312. The van der Waals surface area contributed by atoms with Crippen molar-refractivity contribution in [2.45, 2.75) is 24.2 Å². The molecule has 0 saturated heterocycles. The number of aryl methyl sites for hydroxylation is 1. The van der Waals surface area contributed by atoms with Gasteiger partial charge < -0.3 is 0 Å². The smallest absolute Gasteiger partial charge is 0.285 e. The van der Waals surface area contributed by atoms with Gasteiger partial charge >= 0.3 is 0 Å². The predicted molar refractivity (Wildman–Crippen MR) is 118 cm³/mol. The summed E-state index contributed by atoms with van der Waals surface area (Å²) in [4.78, 5) is 10.3. The van der Waals surface area contributed by atoms with Gasteiger partial charge in [0.05, 0.1) is 22.0 Å². The van der Waals surface area contributed by atoms with Gasteiger partial charge in [0, 0.05) is 6.07 Å². The largest absolute Gasteiger partial charge is 0.297 e. The van der Waals surface area contributed by atoms with Crippen molar-refractivity contribution in [3.63, 3.8) is 0 Å². The summed E-state index contributed by atoms with van der Waals surface area (Å²) in [6.45, 7) is 1.46. The maximum Gasteiger partial charge on any atom is 0.297 e. The van der Waals surface area contributed by atoms with Crippen LogP contribution in [-0.4, -0.2) is 26.3 Å². The summed E-state index contributed by atoms with van der Waals surface area (Å²) in [6, 6.07) is 20.6. The first-order valence-corrected chi connectivity index (χ1v) is 12.2. The van der Waals surface area contributed by atoms with Crippen molar-refractivity contribution in [2.75, 3.05) is 0 Å². The Bertz CT molecular complexity index is 1260. The van der Waals surface area contributed by atoms with Crippen LogP contribution in [0.4, 0.5) is 5.69 Å². The molecule has 0 aromatic heterocycles. The molecule has 0 spiro atoms. The van der Waals surface area contributed by atoms with Gasteiger partial charge in [-0.05, 0) is 30.7 Å². The van der Waals surface area contributed by atoms with E-state index in [0.717, 1.165) is 5.56 Å². The van der Waals surface area contributed by atoms with Crippen molar-refractivity contribution in [3.05, 3.63) is 106 Å². The maximum absolute atomic E-state index is 12.0. The molecule has 0 amide bonds. The lowest BCUT2D eigenvalue weighted by Crippen LogP contribution is -2.07. The zero-order valence-electron chi connectivity index (χ0n) is 17.0. The highest BCUT2D eigenvalue weighted by Gasteiger charge is 2.19. The molecule has 0 heterocycles. The van der Waals surface area contributed by atoms with Crippen molar-refractivity contribution in [2.24, 2.45) is 0 Å². The molecule has 0 unspecified atom stereocenters. The fourth-order valence-electron chi connectivity index (χ4n) is 2.51. The number of hydrogen-bond acceptors (Lipinski definition) is 7. The molecule has 9 nitrogen and oxygen atoms in total. The fraction of sp³-hybridized carbons (Fsp3) is 0.143. The van der Waals surface area contributed by atoms with E-state index in [9.17, 15) is 26.9 Å². The van der Waals surface area contributed by atoms with Gasteiger partial charge in [-0.2, -0.15) is 16.8 Å². The van der Waals surface area contributed by atoms with Crippen LogP contribution in [0.5, 0.6) is 0 Å². The number of nitro benzene ring substituents is 1. The topological polar surface area (TPSA) is 141 Å². The Labute approximate surface area is 186 Å². The van der Waals surface area contributed by atoms with E-state index in [1.807, 2.05) is 6.92 Å². The minimum Gasteiger partial charge on any atom is -0.285 e. The van der Waals surface area contributed by atoms with E-state index in [-0.39, 0.29) is 28.5 Å². The van der Waals surface area contributed by atoms with Crippen molar-refractivity contribution < 1.29 is 30.5 Å². The minimum absolute atomic E-state index is 0.0201. The minimum atomic E-state index is -3.94. The van der Waals surface area contributed by atoms with E-state index in [1.54, 1.807) is 48.5 Å². The van der Waals surface area contributed by atoms with E-state index in [4.69, 9.17) is 8.74 Å². The molecule has 3 aromatic carbocycles. The molecule has 170 valence electrons. The first kappa shape index (κ1) is 25.1. The number of nitrogens with zero attached hydrogens (tertiary/aromatic N) is 1. The van der Waals surface area contributed by atoms with Crippen LogP contribution >= 0.6 is 0 Å². The average molecular weight is 480 g/mol. The number of benzene rings is 3. The van der Waals surface area contributed by atoms with E-state index in [2.05, 4.69) is 0 Å². The number of hydrogen-bond donors (Lipinski definition) is 1. The van der Waals surface area contributed by atoms with Crippen LogP contribution in [0.15, 0.2) is 83.8 Å². The fourth-order valence-corrected chi connectivity index (χ4v) is 4.01. The third-order valence-electron chi connectivity index (χ3n) is 4.06. The number of rotatable bonds is 7.